The summed E-state index contributed by atoms with van der Waals surface area (Å²) in [4.78, 5) is 13.3. The van der Waals surface area contributed by atoms with Gasteiger partial charge in [-0.15, -0.1) is 0 Å². The molecule has 0 saturated heterocycles. The Balaban J connectivity index is 3.75. The van der Waals surface area contributed by atoms with Gasteiger partial charge in [0.1, 0.15) is 0 Å². The van der Waals surface area contributed by atoms with Crippen LogP contribution in [0.15, 0.2) is 0 Å². The number of amides is 1. The molecule has 3 heteroatoms. The van der Waals surface area contributed by atoms with E-state index in [0.29, 0.717) is 0 Å². The van der Waals surface area contributed by atoms with Crippen LogP contribution in [-0.4, -0.2) is 29.7 Å². The van der Waals surface area contributed by atoms with Crippen LogP contribution in [0.25, 0.3) is 0 Å². The molecule has 0 aromatic carbocycles. The summed E-state index contributed by atoms with van der Waals surface area (Å²) < 4.78 is 0. The summed E-state index contributed by atoms with van der Waals surface area (Å²) in [6.45, 7) is 4.88. The second-order valence-electron chi connectivity index (χ2n) is 3.11. The van der Waals surface area contributed by atoms with E-state index in [9.17, 15) is 4.79 Å². The molecule has 0 aliphatic rings. The minimum absolute atomic E-state index is 0.172. The molecular weight excluding hydrogens is 218 g/mol. The largest absolute Gasteiger partial charge is 0.346 e. The molecule has 0 spiro atoms. The molecule has 0 bridgehead atoms. The molecule has 0 saturated carbocycles. The summed E-state index contributed by atoms with van der Waals surface area (Å²) >= 11 is 3.34. The summed E-state index contributed by atoms with van der Waals surface area (Å²) in [7, 11) is 1.87. The van der Waals surface area contributed by atoms with Crippen LogP contribution in [-0.2, 0) is 4.79 Å². The maximum Gasteiger partial charge on any atom is 0.225 e. The lowest BCUT2D eigenvalue weighted by atomic mass is 10.1. The lowest BCUT2D eigenvalue weighted by Crippen LogP contribution is -2.32. The fourth-order valence-electron chi connectivity index (χ4n) is 0.958. The second-order valence-corrected chi connectivity index (χ2v) is 3.90. The van der Waals surface area contributed by atoms with E-state index in [-0.39, 0.29) is 11.8 Å². The van der Waals surface area contributed by atoms with E-state index < -0.39 is 0 Å². The SMILES string of the molecule is CCC(C)C(=O)N(C)CCCBr. The molecule has 0 fully saturated rings. The van der Waals surface area contributed by atoms with Gasteiger partial charge < -0.3 is 4.90 Å². The Kier molecular flexibility index (Phi) is 6.44. The highest BCUT2D eigenvalue weighted by atomic mass is 79.9. The number of carbonyl (C=O) groups excluding carboxylic acids is 1. The van der Waals surface area contributed by atoms with Gasteiger partial charge in [-0.1, -0.05) is 29.8 Å². The summed E-state index contributed by atoms with van der Waals surface area (Å²) in [6.07, 6.45) is 1.95. The predicted molar refractivity (Wildman–Crippen MR) is 55.5 cm³/mol. The molecule has 1 atom stereocenters. The number of nitrogens with zero attached hydrogens (tertiary/aromatic N) is 1. The summed E-state index contributed by atoms with van der Waals surface area (Å²) in [5.74, 6) is 0.434. The van der Waals surface area contributed by atoms with Crippen LogP contribution in [0.1, 0.15) is 26.7 Å². The third-order valence-electron chi connectivity index (χ3n) is 2.04. The number of halogens is 1. The van der Waals surface area contributed by atoms with Gasteiger partial charge in [-0.25, -0.2) is 0 Å². The normalized spacial score (nSPS) is 12.7. The fourth-order valence-corrected chi connectivity index (χ4v) is 1.21. The van der Waals surface area contributed by atoms with E-state index in [1.165, 1.54) is 0 Å². The zero-order valence-corrected chi connectivity index (χ0v) is 9.73. The molecule has 0 N–H and O–H groups in total. The van der Waals surface area contributed by atoms with E-state index in [4.69, 9.17) is 0 Å². The van der Waals surface area contributed by atoms with Gasteiger partial charge in [0.05, 0.1) is 0 Å². The van der Waals surface area contributed by atoms with Crippen LogP contribution in [0.3, 0.4) is 0 Å². The Morgan fingerprint density at radius 2 is 2.17 bits per heavy atom. The monoisotopic (exact) mass is 235 g/mol. The standard InChI is InChI=1S/C9H18BrNO/c1-4-8(2)9(12)11(3)7-5-6-10/h8H,4-7H2,1-3H3. The minimum Gasteiger partial charge on any atom is -0.346 e. The van der Waals surface area contributed by atoms with Crippen molar-refractivity contribution < 1.29 is 4.79 Å². The van der Waals surface area contributed by atoms with Crippen molar-refractivity contribution in [2.75, 3.05) is 18.9 Å². The van der Waals surface area contributed by atoms with Crippen molar-refractivity contribution in [2.45, 2.75) is 26.7 Å². The first-order valence-electron chi connectivity index (χ1n) is 4.44. The van der Waals surface area contributed by atoms with E-state index >= 15 is 0 Å². The van der Waals surface area contributed by atoms with Crippen LogP contribution >= 0.6 is 15.9 Å². The first kappa shape index (κ1) is 11.9. The molecule has 0 aromatic rings. The molecule has 0 rings (SSSR count). The van der Waals surface area contributed by atoms with Crippen LogP contribution in [0.2, 0.25) is 0 Å². The maximum atomic E-state index is 11.5. The zero-order valence-electron chi connectivity index (χ0n) is 8.14. The first-order chi connectivity index (χ1) is 5.63. The molecule has 0 aliphatic heterocycles. The maximum absolute atomic E-state index is 11.5. The van der Waals surface area contributed by atoms with Gasteiger partial charge >= 0.3 is 0 Å². The Labute approximate surface area is 83.4 Å². The van der Waals surface area contributed by atoms with E-state index in [0.717, 1.165) is 24.7 Å². The smallest absolute Gasteiger partial charge is 0.225 e. The summed E-state index contributed by atoms with van der Waals surface area (Å²) in [6, 6.07) is 0. The summed E-state index contributed by atoms with van der Waals surface area (Å²) in [5.41, 5.74) is 0. The molecular formula is C9H18BrNO. The average molecular weight is 236 g/mol. The molecule has 0 radical (unpaired) electrons. The van der Waals surface area contributed by atoms with Gasteiger partial charge in [0, 0.05) is 24.8 Å². The third kappa shape index (κ3) is 4.10. The van der Waals surface area contributed by atoms with Crippen molar-refractivity contribution in [3.8, 4) is 0 Å². The van der Waals surface area contributed by atoms with E-state index in [1.807, 2.05) is 25.8 Å². The van der Waals surface area contributed by atoms with Gasteiger partial charge in [-0.3, -0.25) is 4.79 Å². The van der Waals surface area contributed by atoms with Gasteiger partial charge in [0.15, 0.2) is 0 Å². The number of rotatable bonds is 5. The Bertz CT molecular complexity index is 138. The van der Waals surface area contributed by atoms with Crippen LogP contribution in [0.4, 0.5) is 0 Å². The second kappa shape index (κ2) is 6.46. The number of alkyl halides is 1. The van der Waals surface area contributed by atoms with Crippen molar-refractivity contribution in [2.24, 2.45) is 5.92 Å². The highest BCUT2D eigenvalue weighted by Gasteiger charge is 2.14. The zero-order chi connectivity index (χ0) is 9.56. The molecule has 12 heavy (non-hydrogen) atoms. The Morgan fingerprint density at radius 3 is 2.58 bits per heavy atom. The van der Waals surface area contributed by atoms with Gasteiger partial charge in [-0.05, 0) is 12.8 Å². The Morgan fingerprint density at radius 1 is 1.58 bits per heavy atom. The van der Waals surface area contributed by atoms with Crippen molar-refractivity contribution in [3.05, 3.63) is 0 Å². The van der Waals surface area contributed by atoms with Crippen LogP contribution in [0.5, 0.6) is 0 Å². The first-order valence-corrected chi connectivity index (χ1v) is 5.56. The molecule has 2 nitrogen and oxygen atoms in total. The van der Waals surface area contributed by atoms with Crippen molar-refractivity contribution >= 4 is 21.8 Å². The molecule has 1 unspecified atom stereocenters. The van der Waals surface area contributed by atoms with Gasteiger partial charge in [0.2, 0.25) is 5.91 Å². The number of hydrogen-bond donors (Lipinski definition) is 0. The van der Waals surface area contributed by atoms with E-state index in [1.54, 1.807) is 0 Å². The van der Waals surface area contributed by atoms with Crippen molar-refractivity contribution in [3.63, 3.8) is 0 Å². The molecule has 0 aromatic heterocycles. The van der Waals surface area contributed by atoms with Crippen molar-refractivity contribution in [1.29, 1.82) is 0 Å². The minimum atomic E-state index is 0.172. The lowest BCUT2D eigenvalue weighted by molar-refractivity contribution is -0.133. The van der Waals surface area contributed by atoms with Crippen LogP contribution in [0, 0.1) is 5.92 Å². The van der Waals surface area contributed by atoms with E-state index in [2.05, 4.69) is 15.9 Å². The molecule has 0 aliphatic carbocycles. The number of carbonyl (C=O) groups is 1. The van der Waals surface area contributed by atoms with Crippen molar-refractivity contribution in [1.82, 2.24) is 4.90 Å². The fraction of sp³-hybridized carbons (Fsp3) is 0.889. The van der Waals surface area contributed by atoms with Gasteiger partial charge in [0.25, 0.3) is 0 Å². The molecule has 72 valence electrons. The molecule has 0 heterocycles. The molecule has 1 amide bonds. The third-order valence-corrected chi connectivity index (χ3v) is 2.60. The highest BCUT2D eigenvalue weighted by Crippen LogP contribution is 2.05. The van der Waals surface area contributed by atoms with Gasteiger partial charge in [-0.2, -0.15) is 0 Å². The van der Waals surface area contributed by atoms with Crippen LogP contribution < -0.4 is 0 Å². The predicted octanol–water partition coefficient (Wildman–Crippen LogP) is 2.28. The number of hydrogen-bond acceptors (Lipinski definition) is 1. The highest BCUT2D eigenvalue weighted by molar-refractivity contribution is 9.09. The average Bonchev–Trinajstić information content (AvgIpc) is 2.11. The summed E-state index contributed by atoms with van der Waals surface area (Å²) in [5, 5.41) is 0.963. The Hall–Kier alpha value is -0.0500. The lowest BCUT2D eigenvalue weighted by Gasteiger charge is -2.19. The topological polar surface area (TPSA) is 20.3 Å². The quantitative estimate of drug-likeness (QED) is 0.670.